The lowest BCUT2D eigenvalue weighted by Gasteiger charge is -2.19. The van der Waals surface area contributed by atoms with E-state index < -0.39 is 5.60 Å². The van der Waals surface area contributed by atoms with E-state index in [1.807, 2.05) is 45.0 Å². The third kappa shape index (κ3) is 9.77. The first-order chi connectivity index (χ1) is 10.9. The zero-order valence-electron chi connectivity index (χ0n) is 14.6. The minimum absolute atomic E-state index is 0.263. The molecule has 0 aliphatic carbocycles. The van der Waals surface area contributed by atoms with E-state index in [9.17, 15) is 4.79 Å². The summed E-state index contributed by atoms with van der Waals surface area (Å²) < 4.78 is 10.9. The summed E-state index contributed by atoms with van der Waals surface area (Å²) >= 11 is 3.41. The van der Waals surface area contributed by atoms with Gasteiger partial charge in [0.2, 0.25) is 0 Å². The van der Waals surface area contributed by atoms with Gasteiger partial charge in [0.05, 0.1) is 5.56 Å². The van der Waals surface area contributed by atoms with E-state index in [2.05, 4.69) is 15.9 Å². The van der Waals surface area contributed by atoms with Crippen LogP contribution in [0.15, 0.2) is 24.3 Å². The van der Waals surface area contributed by atoms with Crippen molar-refractivity contribution in [3.63, 3.8) is 0 Å². The minimum Gasteiger partial charge on any atom is -0.456 e. The SMILES string of the molecule is CC(C)(C)OC(=O)c1ccc(CCCCOCCCCBr)cc1. The van der Waals surface area contributed by atoms with Crippen molar-refractivity contribution in [3.8, 4) is 0 Å². The van der Waals surface area contributed by atoms with E-state index in [-0.39, 0.29) is 5.97 Å². The third-order valence-corrected chi connectivity index (χ3v) is 3.83. The van der Waals surface area contributed by atoms with Crippen LogP contribution < -0.4 is 0 Å². The van der Waals surface area contributed by atoms with Gasteiger partial charge in [-0.1, -0.05) is 28.1 Å². The van der Waals surface area contributed by atoms with Crippen molar-refractivity contribution < 1.29 is 14.3 Å². The van der Waals surface area contributed by atoms with Crippen molar-refractivity contribution in [2.45, 2.75) is 58.5 Å². The van der Waals surface area contributed by atoms with Crippen molar-refractivity contribution in [1.82, 2.24) is 0 Å². The van der Waals surface area contributed by atoms with Crippen LogP contribution in [0, 0.1) is 0 Å². The molecule has 1 rings (SSSR count). The van der Waals surface area contributed by atoms with Crippen molar-refractivity contribution in [2.75, 3.05) is 18.5 Å². The summed E-state index contributed by atoms with van der Waals surface area (Å²) in [5.41, 5.74) is 1.40. The van der Waals surface area contributed by atoms with Gasteiger partial charge in [-0.25, -0.2) is 4.79 Å². The van der Waals surface area contributed by atoms with Gasteiger partial charge >= 0.3 is 5.97 Å². The van der Waals surface area contributed by atoms with Crippen LogP contribution in [0.3, 0.4) is 0 Å². The Morgan fingerprint density at radius 3 is 2.17 bits per heavy atom. The van der Waals surface area contributed by atoms with Crippen LogP contribution in [-0.2, 0) is 15.9 Å². The molecule has 0 fully saturated rings. The average Bonchev–Trinajstić information content (AvgIpc) is 2.49. The highest BCUT2D eigenvalue weighted by atomic mass is 79.9. The van der Waals surface area contributed by atoms with E-state index in [4.69, 9.17) is 9.47 Å². The monoisotopic (exact) mass is 384 g/mol. The number of halogens is 1. The summed E-state index contributed by atoms with van der Waals surface area (Å²) in [7, 11) is 0. The fourth-order valence-electron chi connectivity index (χ4n) is 2.08. The normalized spacial score (nSPS) is 11.5. The Labute approximate surface area is 148 Å². The molecule has 0 heterocycles. The van der Waals surface area contributed by atoms with Crippen LogP contribution in [0.2, 0.25) is 0 Å². The lowest BCUT2D eigenvalue weighted by molar-refractivity contribution is 0.00695. The second kappa shape index (κ2) is 10.8. The number of esters is 1. The molecule has 0 unspecified atom stereocenters. The zero-order valence-corrected chi connectivity index (χ0v) is 16.2. The topological polar surface area (TPSA) is 35.5 Å². The molecule has 0 amide bonds. The molecule has 0 bridgehead atoms. The molecule has 1 aromatic carbocycles. The standard InChI is InChI=1S/C19H29BrO3/c1-19(2,3)23-18(21)17-11-9-16(10-12-17)8-4-6-14-22-15-7-5-13-20/h9-12H,4-8,13-15H2,1-3H3. The molecule has 1 aromatic rings. The van der Waals surface area contributed by atoms with E-state index in [1.54, 1.807) is 0 Å². The van der Waals surface area contributed by atoms with Crippen LogP contribution in [0.5, 0.6) is 0 Å². The van der Waals surface area contributed by atoms with Crippen molar-refractivity contribution in [2.24, 2.45) is 0 Å². The average molecular weight is 385 g/mol. The van der Waals surface area contributed by atoms with Crippen LogP contribution in [0.25, 0.3) is 0 Å². The van der Waals surface area contributed by atoms with Crippen molar-refractivity contribution in [3.05, 3.63) is 35.4 Å². The van der Waals surface area contributed by atoms with Gasteiger partial charge in [0.1, 0.15) is 5.60 Å². The summed E-state index contributed by atoms with van der Waals surface area (Å²) in [6.07, 6.45) is 5.48. The predicted octanol–water partition coefficient (Wildman–Crippen LogP) is 5.16. The first-order valence-electron chi connectivity index (χ1n) is 8.38. The fraction of sp³-hybridized carbons (Fsp3) is 0.632. The van der Waals surface area contributed by atoms with Crippen LogP contribution in [0.4, 0.5) is 0 Å². The van der Waals surface area contributed by atoms with Gasteiger partial charge in [-0.3, -0.25) is 0 Å². The van der Waals surface area contributed by atoms with Gasteiger partial charge in [0, 0.05) is 18.5 Å². The molecule has 0 aliphatic rings. The summed E-state index contributed by atoms with van der Waals surface area (Å²) in [5, 5.41) is 1.05. The summed E-state index contributed by atoms with van der Waals surface area (Å²) in [6.45, 7) is 7.32. The molecule has 130 valence electrons. The Morgan fingerprint density at radius 2 is 1.61 bits per heavy atom. The number of benzene rings is 1. The number of alkyl halides is 1. The molecule has 0 atom stereocenters. The molecule has 0 saturated carbocycles. The number of carbonyl (C=O) groups excluding carboxylic acids is 1. The number of carbonyl (C=O) groups is 1. The van der Waals surface area contributed by atoms with Crippen molar-refractivity contribution >= 4 is 21.9 Å². The van der Waals surface area contributed by atoms with Gasteiger partial charge < -0.3 is 9.47 Å². The quantitative estimate of drug-likeness (QED) is 0.317. The van der Waals surface area contributed by atoms with Crippen LogP contribution in [0.1, 0.15) is 62.4 Å². The number of unbranched alkanes of at least 4 members (excludes halogenated alkanes) is 2. The minimum atomic E-state index is -0.454. The Morgan fingerprint density at radius 1 is 1.00 bits per heavy atom. The van der Waals surface area contributed by atoms with Gasteiger partial charge in [-0.05, 0) is 70.6 Å². The molecule has 4 heteroatoms. The first kappa shape index (κ1) is 20.2. The Balaban J connectivity index is 2.23. The second-order valence-corrected chi connectivity index (χ2v) is 7.46. The number of ether oxygens (including phenoxy) is 2. The van der Waals surface area contributed by atoms with Crippen LogP contribution >= 0.6 is 15.9 Å². The zero-order chi connectivity index (χ0) is 17.1. The van der Waals surface area contributed by atoms with Gasteiger partial charge in [-0.2, -0.15) is 0 Å². The molecule has 0 aliphatic heterocycles. The lowest BCUT2D eigenvalue weighted by atomic mass is 10.1. The maximum absolute atomic E-state index is 11.9. The van der Waals surface area contributed by atoms with Gasteiger partial charge in [0.25, 0.3) is 0 Å². The Hall–Kier alpha value is -0.870. The smallest absolute Gasteiger partial charge is 0.338 e. The molecular formula is C19H29BrO3. The highest BCUT2D eigenvalue weighted by Crippen LogP contribution is 2.14. The molecule has 23 heavy (non-hydrogen) atoms. The fourth-order valence-corrected chi connectivity index (χ4v) is 2.47. The molecule has 0 saturated heterocycles. The second-order valence-electron chi connectivity index (χ2n) is 6.66. The van der Waals surface area contributed by atoms with E-state index in [0.29, 0.717) is 5.56 Å². The molecule has 0 aromatic heterocycles. The summed E-state index contributed by atoms with van der Waals surface area (Å²) in [6, 6.07) is 7.71. The third-order valence-electron chi connectivity index (χ3n) is 3.26. The Kier molecular flexibility index (Phi) is 9.49. The maximum Gasteiger partial charge on any atom is 0.338 e. The van der Waals surface area contributed by atoms with Crippen LogP contribution in [-0.4, -0.2) is 30.1 Å². The summed E-state index contributed by atoms with van der Waals surface area (Å²) in [5.74, 6) is -0.263. The predicted molar refractivity (Wildman–Crippen MR) is 98.4 cm³/mol. The highest BCUT2D eigenvalue weighted by Gasteiger charge is 2.17. The van der Waals surface area contributed by atoms with E-state index in [1.165, 1.54) is 12.0 Å². The van der Waals surface area contributed by atoms with E-state index in [0.717, 1.165) is 44.2 Å². The molecular weight excluding hydrogens is 356 g/mol. The maximum atomic E-state index is 11.9. The van der Waals surface area contributed by atoms with Gasteiger partial charge in [0.15, 0.2) is 0 Å². The molecule has 0 radical (unpaired) electrons. The Bertz CT molecular complexity index is 449. The lowest BCUT2D eigenvalue weighted by Crippen LogP contribution is -2.23. The van der Waals surface area contributed by atoms with Gasteiger partial charge in [-0.15, -0.1) is 0 Å². The van der Waals surface area contributed by atoms with Crippen molar-refractivity contribution in [1.29, 1.82) is 0 Å². The highest BCUT2D eigenvalue weighted by molar-refractivity contribution is 9.09. The molecule has 0 spiro atoms. The number of hydrogen-bond acceptors (Lipinski definition) is 3. The molecule has 3 nitrogen and oxygen atoms in total. The number of rotatable bonds is 10. The first-order valence-corrected chi connectivity index (χ1v) is 9.50. The number of aryl methyl sites for hydroxylation is 1. The van der Waals surface area contributed by atoms with E-state index >= 15 is 0 Å². The number of hydrogen-bond donors (Lipinski definition) is 0. The largest absolute Gasteiger partial charge is 0.456 e. The summed E-state index contributed by atoms with van der Waals surface area (Å²) in [4.78, 5) is 11.9. The molecule has 0 N–H and O–H groups in total.